The SMILES string of the molecule is C=CCON1C(=O)N2CC=C(Br)C1C2. The molecule has 76 valence electrons. The first-order chi connectivity index (χ1) is 6.74. The highest BCUT2D eigenvalue weighted by molar-refractivity contribution is 9.11. The highest BCUT2D eigenvalue weighted by Crippen LogP contribution is 2.29. The second kappa shape index (κ2) is 3.74. The van der Waals surface area contributed by atoms with Crippen LogP contribution in [0.3, 0.4) is 0 Å². The molecule has 0 aliphatic carbocycles. The zero-order chi connectivity index (χ0) is 10.1. The average Bonchev–Trinajstić information content (AvgIpc) is 2.45. The summed E-state index contributed by atoms with van der Waals surface area (Å²) in [4.78, 5) is 18.7. The molecule has 1 fully saturated rings. The van der Waals surface area contributed by atoms with E-state index in [1.807, 2.05) is 6.08 Å². The van der Waals surface area contributed by atoms with Gasteiger partial charge in [-0.05, 0) is 0 Å². The summed E-state index contributed by atoms with van der Waals surface area (Å²) in [5.41, 5.74) is 0. The molecule has 1 saturated heterocycles. The van der Waals surface area contributed by atoms with Crippen molar-refractivity contribution in [3.05, 3.63) is 23.2 Å². The van der Waals surface area contributed by atoms with Crippen LogP contribution in [0, 0.1) is 0 Å². The van der Waals surface area contributed by atoms with E-state index in [-0.39, 0.29) is 12.1 Å². The van der Waals surface area contributed by atoms with Crippen LogP contribution in [0.1, 0.15) is 0 Å². The molecule has 1 atom stereocenters. The van der Waals surface area contributed by atoms with Crippen LogP contribution in [-0.4, -0.2) is 41.7 Å². The molecule has 0 aromatic carbocycles. The molecule has 2 aliphatic rings. The molecule has 0 aromatic heterocycles. The van der Waals surface area contributed by atoms with Crippen molar-refractivity contribution >= 4 is 22.0 Å². The summed E-state index contributed by atoms with van der Waals surface area (Å²) in [6.07, 6.45) is 3.62. The van der Waals surface area contributed by atoms with E-state index in [4.69, 9.17) is 4.84 Å². The van der Waals surface area contributed by atoms with Gasteiger partial charge >= 0.3 is 6.03 Å². The molecule has 5 heteroatoms. The van der Waals surface area contributed by atoms with E-state index in [0.717, 1.165) is 4.48 Å². The first kappa shape index (κ1) is 9.73. The van der Waals surface area contributed by atoms with E-state index >= 15 is 0 Å². The van der Waals surface area contributed by atoms with Crippen molar-refractivity contribution in [1.82, 2.24) is 9.96 Å². The normalized spacial score (nSPS) is 25.4. The lowest BCUT2D eigenvalue weighted by Gasteiger charge is -2.20. The minimum Gasteiger partial charge on any atom is -0.317 e. The van der Waals surface area contributed by atoms with Crippen LogP contribution in [0.2, 0.25) is 0 Å². The third-order valence-electron chi connectivity index (χ3n) is 2.29. The van der Waals surface area contributed by atoms with Gasteiger partial charge in [0, 0.05) is 11.0 Å². The van der Waals surface area contributed by atoms with Crippen molar-refractivity contribution in [2.45, 2.75) is 6.04 Å². The van der Waals surface area contributed by atoms with Crippen molar-refractivity contribution in [3.63, 3.8) is 0 Å². The fourth-order valence-electron chi connectivity index (χ4n) is 1.60. The second-order valence-corrected chi connectivity index (χ2v) is 4.12. The monoisotopic (exact) mass is 258 g/mol. The Morgan fingerprint density at radius 2 is 2.57 bits per heavy atom. The molecule has 0 aromatic rings. The first-order valence-corrected chi connectivity index (χ1v) is 5.21. The Balaban J connectivity index is 2.13. The van der Waals surface area contributed by atoms with E-state index in [0.29, 0.717) is 19.7 Å². The number of halogens is 1. The zero-order valence-corrected chi connectivity index (χ0v) is 9.24. The van der Waals surface area contributed by atoms with Gasteiger partial charge in [-0.2, -0.15) is 5.06 Å². The molecule has 0 N–H and O–H groups in total. The number of hydroxylamine groups is 2. The third kappa shape index (κ3) is 1.46. The van der Waals surface area contributed by atoms with Crippen LogP contribution < -0.4 is 0 Å². The van der Waals surface area contributed by atoms with Crippen molar-refractivity contribution < 1.29 is 9.63 Å². The topological polar surface area (TPSA) is 32.8 Å². The second-order valence-electron chi connectivity index (χ2n) is 3.20. The van der Waals surface area contributed by atoms with Gasteiger partial charge in [-0.3, -0.25) is 4.84 Å². The Kier molecular flexibility index (Phi) is 2.60. The molecular weight excluding hydrogens is 248 g/mol. The number of rotatable bonds is 3. The number of fused-ring (bicyclic) bond motifs is 2. The predicted molar refractivity (Wildman–Crippen MR) is 55.8 cm³/mol. The molecule has 2 rings (SSSR count). The standard InChI is InChI=1S/C9H11BrN2O2/c1-2-5-14-12-8-6-11(9(12)13)4-3-7(8)10/h2-3,8H,1,4-6H2. The Morgan fingerprint density at radius 3 is 3.29 bits per heavy atom. The molecule has 14 heavy (non-hydrogen) atoms. The van der Waals surface area contributed by atoms with Gasteiger partial charge in [-0.1, -0.05) is 28.1 Å². The van der Waals surface area contributed by atoms with Crippen LogP contribution in [0.5, 0.6) is 0 Å². The number of carbonyl (C=O) groups is 1. The fraction of sp³-hybridized carbons (Fsp3) is 0.444. The van der Waals surface area contributed by atoms with Crippen LogP contribution in [0.15, 0.2) is 23.2 Å². The minimum atomic E-state index is -0.0671. The van der Waals surface area contributed by atoms with E-state index in [1.54, 1.807) is 11.0 Å². The molecule has 0 radical (unpaired) electrons. The maximum Gasteiger partial charge on any atom is 0.344 e. The largest absolute Gasteiger partial charge is 0.344 e. The van der Waals surface area contributed by atoms with Crippen LogP contribution in [-0.2, 0) is 4.84 Å². The van der Waals surface area contributed by atoms with E-state index < -0.39 is 0 Å². The number of carbonyl (C=O) groups excluding carboxylic acids is 1. The van der Waals surface area contributed by atoms with Crippen molar-refractivity contribution in [1.29, 1.82) is 0 Å². The maximum atomic E-state index is 11.7. The summed E-state index contributed by atoms with van der Waals surface area (Å²) in [5.74, 6) is 0. The molecule has 0 saturated carbocycles. The van der Waals surface area contributed by atoms with Crippen molar-refractivity contribution in [3.8, 4) is 0 Å². The number of nitrogens with zero attached hydrogens (tertiary/aromatic N) is 2. The number of urea groups is 1. The molecule has 4 nitrogen and oxygen atoms in total. The Labute approximate surface area is 90.9 Å². The summed E-state index contributed by atoms with van der Waals surface area (Å²) in [7, 11) is 0. The molecule has 1 unspecified atom stereocenters. The van der Waals surface area contributed by atoms with E-state index in [2.05, 4.69) is 22.5 Å². The lowest BCUT2D eigenvalue weighted by molar-refractivity contribution is -0.108. The van der Waals surface area contributed by atoms with Crippen LogP contribution in [0.4, 0.5) is 4.79 Å². The Morgan fingerprint density at radius 1 is 1.79 bits per heavy atom. The summed E-state index contributed by atoms with van der Waals surface area (Å²) in [6.45, 7) is 5.26. The molecule has 2 aliphatic heterocycles. The molecule has 2 amide bonds. The maximum absolute atomic E-state index is 11.7. The summed E-state index contributed by atoms with van der Waals surface area (Å²) >= 11 is 3.44. The van der Waals surface area contributed by atoms with Crippen molar-refractivity contribution in [2.75, 3.05) is 19.7 Å². The highest BCUT2D eigenvalue weighted by atomic mass is 79.9. The van der Waals surface area contributed by atoms with Gasteiger partial charge in [0.15, 0.2) is 0 Å². The van der Waals surface area contributed by atoms with Gasteiger partial charge in [0.05, 0.1) is 13.2 Å². The predicted octanol–water partition coefficient (Wildman–Crippen LogP) is 1.50. The van der Waals surface area contributed by atoms with Gasteiger partial charge in [0.1, 0.15) is 6.04 Å². The first-order valence-electron chi connectivity index (χ1n) is 4.41. The molecule has 0 spiro atoms. The highest BCUT2D eigenvalue weighted by Gasteiger charge is 2.41. The van der Waals surface area contributed by atoms with Crippen LogP contribution in [0.25, 0.3) is 0 Å². The zero-order valence-electron chi connectivity index (χ0n) is 7.65. The lowest BCUT2D eigenvalue weighted by Crippen LogP contribution is -2.33. The van der Waals surface area contributed by atoms with E-state index in [1.165, 1.54) is 5.06 Å². The number of amides is 2. The number of hydrogen-bond acceptors (Lipinski definition) is 2. The smallest absolute Gasteiger partial charge is 0.317 e. The lowest BCUT2D eigenvalue weighted by atomic mass is 10.2. The summed E-state index contributed by atoms with van der Waals surface area (Å²) < 4.78 is 1.02. The van der Waals surface area contributed by atoms with Gasteiger partial charge in [-0.15, -0.1) is 6.58 Å². The van der Waals surface area contributed by atoms with Crippen molar-refractivity contribution in [2.24, 2.45) is 0 Å². The molecular formula is C9H11BrN2O2. The van der Waals surface area contributed by atoms with Crippen LogP contribution >= 0.6 is 15.9 Å². The average molecular weight is 259 g/mol. The molecule has 2 bridgehead atoms. The summed E-state index contributed by atoms with van der Waals surface area (Å²) in [5, 5.41) is 1.41. The van der Waals surface area contributed by atoms with E-state index in [9.17, 15) is 4.79 Å². The number of hydrogen-bond donors (Lipinski definition) is 0. The summed E-state index contributed by atoms with van der Waals surface area (Å²) in [6, 6.07) is -0.0567. The fourth-order valence-corrected chi connectivity index (χ4v) is 2.07. The Bertz CT molecular complexity index is 303. The molecule has 2 heterocycles. The quantitative estimate of drug-likeness (QED) is 0.719. The van der Waals surface area contributed by atoms with Gasteiger partial charge in [0.2, 0.25) is 0 Å². The van der Waals surface area contributed by atoms with Gasteiger partial charge in [0.25, 0.3) is 0 Å². The Hall–Kier alpha value is -0.810. The van der Waals surface area contributed by atoms with Gasteiger partial charge < -0.3 is 4.90 Å². The van der Waals surface area contributed by atoms with Gasteiger partial charge in [-0.25, -0.2) is 4.79 Å². The third-order valence-corrected chi connectivity index (χ3v) is 3.14. The minimum absolute atomic E-state index is 0.0104.